The van der Waals surface area contributed by atoms with Gasteiger partial charge in [-0.3, -0.25) is 29.8 Å². The third kappa shape index (κ3) is 49.3. The van der Waals surface area contributed by atoms with E-state index >= 15 is 0 Å². The summed E-state index contributed by atoms with van der Waals surface area (Å²) in [6.45, 7) is 80.5. The van der Waals surface area contributed by atoms with E-state index in [-0.39, 0.29) is 85.1 Å². The van der Waals surface area contributed by atoms with Gasteiger partial charge in [0.1, 0.15) is 5.15 Å². The maximum atomic E-state index is 10.7. The van der Waals surface area contributed by atoms with Crippen LogP contribution in [0.15, 0.2) is 248 Å². The van der Waals surface area contributed by atoms with Gasteiger partial charge in [-0.15, -0.1) is 106 Å². The number of hydrogen-bond acceptors (Lipinski definition) is 11. The summed E-state index contributed by atoms with van der Waals surface area (Å²) in [4.78, 5) is 34.8. The number of halogens is 5. The fourth-order valence-corrected chi connectivity index (χ4v) is 12.5. The van der Waals surface area contributed by atoms with Gasteiger partial charge < -0.3 is 25.3 Å². The number of nitrogens with zero attached hydrogens (tertiary/aromatic N) is 7. The summed E-state index contributed by atoms with van der Waals surface area (Å²) in [5, 5.41) is 27.4. The number of hydrogen-bond donors (Lipinski definition) is 3. The first-order valence-electron chi connectivity index (χ1n) is 45.2. The molecule has 0 bridgehead atoms. The molecule has 0 unspecified atom stereocenters. The Balaban J connectivity index is 0.000000768. The molecule has 3 N–H and O–H groups in total. The molecule has 0 radical (unpaired) electrons. The number of benzene rings is 5. The Bertz CT molecular complexity index is 5010. The molecule has 5 aromatic carbocycles. The summed E-state index contributed by atoms with van der Waals surface area (Å²) in [5.74, 6) is -0.833. The van der Waals surface area contributed by atoms with Gasteiger partial charge in [0.2, 0.25) is 0 Å². The van der Waals surface area contributed by atoms with E-state index in [4.69, 9.17) is 32.0 Å². The van der Waals surface area contributed by atoms with Crippen LogP contribution in [0.3, 0.4) is 0 Å². The second kappa shape index (κ2) is 53.9. The van der Waals surface area contributed by atoms with Crippen molar-refractivity contribution in [2.45, 2.75) is 321 Å². The van der Waals surface area contributed by atoms with Crippen LogP contribution in [0, 0.1) is 23.4 Å². The first kappa shape index (κ1) is 125. The summed E-state index contributed by atoms with van der Waals surface area (Å²) >= 11 is 23.0. The number of aromatic nitrogens is 7. The summed E-state index contributed by atoms with van der Waals surface area (Å²) < 4.78 is 11.5. The Hall–Kier alpha value is -8.14. The van der Waals surface area contributed by atoms with Gasteiger partial charge in [-0.05, 0) is 233 Å². The quantitative estimate of drug-likeness (QED) is 0.0287. The largest absolute Gasteiger partial charge is 3.00 e. The molecule has 0 aliphatic carbocycles. The number of aliphatic carboxylic acids is 1. The zero-order valence-corrected chi connectivity index (χ0v) is 95.4. The van der Waals surface area contributed by atoms with Gasteiger partial charge >= 0.3 is 25.3 Å². The summed E-state index contributed by atoms with van der Waals surface area (Å²) in [7, 11) is 0. The minimum absolute atomic E-state index is 0. The van der Waals surface area contributed by atoms with Crippen LogP contribution in [0.2, 0.25) is 5.15 Å². The SMILES string of the molecule is CC(=O)O.CC(C)(C)c1c[c-]c(-c2cc(C(C)(C)C)ccn2)cc1.CC(C)(C)c1c[c-]c(-c2cc(C(C)(C)C)ccn2)cc1.CC(C)(C)c1c[c-]c(-c2cc(C(C)(C)C)ccn2)cc1.CC(C)(C)c1cc[n+]([O-])cc1.CC(C)(C)c1ccc(-c2cc(C(C)(C)C)ccn2)cc1.CC(C)(C)c1ccc(Br)cc1.CC(C)(C)c1ccnc(Cl)c1.CC(C)(C)c1ccncc1.O=P(Cl)(Cl)Cl.OO.[Ir+3]. The molecule has 0 aliphatic heterocycles. The van der Waals surface area contributed by atoms with Gasteiger partial charge in [0.25, 0.3) is 5.97 Å². The third-order valence-corrected chi connectivity index (χ3v) is 21.7. The van der Waals surface area contributed by atoms with E-state index in [0.29, 0.717) is 5.15 Å². The van der Waals surface area contributed by atoms with Gasteiger partial charge in [0.05, 0.1) is 5.69 Å². The zero-order chi connectivity index (χ0) is 103. The molecule has 20 heteroatoms. The molecule has 0 fully saturated rings. The molecule has 0 amide bonds. The van der Waals surface area contributed by atoms with Gasteiger partial charge in [-0.1, -0.05) is 331 Å². The third-order valence-electron chi connectivity index (χ3n) is 20.9. The molecule has 0 spiro atoms. The van der Waals surface area contributed by atoms with Crippen LogP contribution in [0.25, 0.3) is 45.0 Å². The normalized spacial score (nSPS) is 11.8. The van der Waals surface area contributed by atoms with Gasteiger partial charge in [-0.25, -0.2) is 4.98 Å². The average Bonchev–Trinajstić information content (AvgIpc) is 0.824. The van der Waals surface area contributed by atoms with Gasteiger partial charge in [0, 0.05) is 72.5 Å². The molecule has 7 aromatic heterocycles. The van der Waals surface area contributed by atoms with Crippen molar-refractivity contribution in [2.24, 2.45) is 0 Å². The summed E-state index contributed by atoms with van der Waals surface area (Å²) in [6, 6.07) is 75.3. The number of rotatable bonds is 4. The first-order valence-corrected chi connectivity index (χ1v) is 50.8. The van der Waals surface area contributed by atoms with Crippen LogP contribution < -0.4 is 4.73 Å². The maximum absolute atomic E-state index is 10.7. The molecule has 7 heterocycles. The van der Waals surface area contributed by atoms with Crippen LogP contribution in [0.5, 0.6) is 0 Å². The zero-order valence-electron chi connectivity index (χ0n) is 87.5. The fourth-order valence-electron chi connectivity index (χ4n) is 12.1. The van der Waals surface area contributed by atoms with Gasteiger partial charge in [0.15, 0.2) is 12.4 Å². The van der Waals surface area contributed by atoms with Crippen LogP contribution in [0.1, 0.15) is 323 Å². The van der Waals surface area contributed by atoms with E-state index in [9.17, 15) is 9.77 Å². The van der Waals surface area contributed by atoms with Crippen LogP contribution >= 0.6 is 66.5 Å². The standard InChI is InChI=1S/C19H25N.3C19H24N.C10H13Br.C9H12ClN.C9H13NO.C9H13N.C2H4O2.Cl3OP.Ir.H2O2/c4*1-18(2,3)15-9-7-14(8-10-15)17-13-16(11-12-20-17)19(4,5)6;1-10(2,3)8-4-6-9(11)7-5-8;1-9(2,3)7-4-5-11-8(10)6-7;1-9(2,3)8-4-6-10(11)7-5-8;1-9(2,3)8-4-6-10-7-5-8;1-2(3)4;1-5(2,3)4;;1-2/h7-13H,1-6H3;3*7,9-13H,1-6H3;4-7H,1-3H3;4-6H,1-3H3;4-7H,1-3H3;4-7H,1-3H3;1H3,(H,3,4);;;1-2H/q;3*-1;;;;;;;+3;. The van der Waals surface area contributed by atoms with Crippen molar-refractivity contribution in [1.29, 1.82) is 0 Å². The second-order valence-electron chi connectivity index (χ2n) is 45.2. The van der Waals surface area contributed by atoms with Gasteiger partial charge in [-0.2, -0.15) is 4.73 Å². The maximum Gasteiger partial charge on any atom is 3.00 e. The first-order chi connectivity index (χ1) is 61.0. The molecule has 12 rings (SSSR count). The van der Waals surface area contributed by atoms with E-state index in [2.05, 4.69) is 511 Å². The van der Waals surface area contributed by atoms with Crippen LogP contribution in [0.4, 0.5) is 0 Å². The smallest absolute Gasteiger partial charge is 0.619 e. The topological polar surface area (TPSA) is 199 Å². The number of carboxylic acids is 1. The van der Waals surface area contributed by atoms with Crippen molar-refractivity contribution >= 4 is 72.4 Å². The summed E-state index contributed by atoms with van der Waals surface area (Å²) in [6.07, 6.45) is 16.0. The van der Waals surface area contributed by atoms with Crippen molar-refractivity contribution in [3.63, 3.8) is 0 Å². The van der Waals surface area contributed by atoms with E-state index in [0.717, 1.165) is 55.6 Å². The molecule has 734 valence electrons. The molecule has 0 atom stereocenters. The Morgan fingerprint density at radius 3 is 0.741 bits per heavy atom. The number of carboxylic acid groups (broad SMARTS) is 1. The average molecular weight is 2180 g/mol. The van der Waals surface area contributed by atoms with Crippen molar-refractivity contribution < 1.29 is 49.8 Å². The Morgan fingerprint density at radius 2 is 0.519 bits per heavy atom. The van der Waals surface area contributed by atoms with E-state index in [1.807, 2.05) is 61.4 Å². The minimum atomic E-state index is -3.22. The van der Waals surface area contributed by atoms with Crippen molar-refractivity contribution in [3.05, 3.63) is 344 Å². The van der Waals surface area contributed by atoms with Crippen LogP contribution in [-0.2, 0) is 94.4 Å². The molecule has 0 saturated carbocycles. The number of carbonyl (C=O) groups is 1. The molecular weight excluding hydrogens is 2020 g/mol. The van der Waals surface area contributed by atoms with Crippen molar-refractivity contribution in [2.75, 3.05) is 0 Å². The van der Waals surface area contributed by atoms with Crippen molar-refractivity contribution in [3.8, 4) is 45.0 Å². The monoisotopic (exact) mass is 2170 g/mol. The molecule has 0 aliphatic rings. The molecule has 12 aromatic rings. The fraction of sp³-hybridized carbons (Fsp3) is 0.426. The minimum Gasteiger partial charge on any atom is -0.619 e. The van der Waals surface area contributed by atoms with E-state index in [1.165, 1.54) is 84.7 Å². The molecule has 0 saturated heterocycles. The van der Waals surface area contributed by atoms with E-state index in [1.54, 1.807) is 6.20 Å². The Kier molecular flexibility index (Phi) is 49.8. The number of pyridine rings is 7. The molecule has 13 nitrogen and oxygen atoms in total. The Morgan fingerprint density at radius 1 is 0.319 bits per heavy atom. The Labute approximate surface area is 855 Å². The predicted molar refractivity (Wildman–Crippen MR) is 576 cm³/mol. The summed E-state index contributed by atoms with van der Waals surface area (Å²) in [5.41, 5.74) is 26.1. The van der Waals surface area contributed by atoms with Crippen LogP contribution in [-0.4, -0.2) is 51.5 Å². The van der Waals surface area contributed by atoms with Crippen molar-refractivity contribution in [1.82, 2.24) is 29.9 Å². The second-order valence-corrected chi connectivity index (χ2v) is 53.2. The molecular formula is C115H154BrCl4IrN7O6P. The van der Waals surface area contributed by atoms with E-state index < -0.39 is 11.2 Å². The molecule has 135 heavy (non-hydrogen) atoms. The predicted octanol–water partition coefficient (Wildman–Crippen LogP) is 34.5.